The SMILES string of the molecule is CCCCN1CCN(C(=O)COc2ccc(NC(C)=O)cn2)CC1. The van der Waals surface area contributed by atoms with Crippen molar-refractivity contribution in [2.24, 2.45) is 0 Å². The molecule has 1 aromatic heterocycles. The van der Waals surface area contributed by atoms with Gasteiger partial charge in [0.2, 0.25) is 11.8 Å². The van der Waals surface area contributed by atoms with Crippen LogP contribution >= 0.6 is 0 Å². The first-order valence-corrected chi connectivity index (χ1v) is 8.45. The minimum absolute atomic E-state index is 0.0125. The summed E-state index contributed by atoms with van der Waals surface area (Å²) in [6.45, 7) is 8.08. The molecule has 132 valence electrons. The minimum atomic E-state index is -0.154. The van der Waals surface area contributed by atoms with Crippen molar-refractivity contribution < 1.29 is 14.3 Å². The molecule has 0 radical (unpaired) electrons. The third-order valence-corrected chi connectivity index (χ3v) is 3.95. The van der Waals surface area contributed by atoms with E-state index in [4.69, 9.17) is 4.74 Å². The van der Waals surface area contributed by atoms with E-state index in [2.05, 4.69) is 22.1 Å². The molecule has 7 nitrogen and oxygen atoms in total. The van der Waals surface area contributed by atoms with E-state index in [-0.39, 0.29) is 18.4 Å². The first kappa shape index (κ1) is 18.2. The Labute approximate surface area is 143 Å². The lowest BCUT2D eigenvalue weighted by Crippen LogP contribution is -2.50. The Balaban J connectivity index is 1.72. The van der Waals surface area contributed by atoms with E-state index in [1.54, 1.807) is 12.1 Å². The zero-order chi connectivity index (χ0) is 17.4. The number of unbranched alkanes of at least 4 members (excludes halogenated alkanes) is 1. The minimum Gasteiger partial charge on any atom is -0.468 e. The van der Waals surface area contributed by atoms with Crippen molar-refractivity contribution in [2.45, 2.75) is 26.7 Å². The summed E-state index contributed by atoms with van der Waals surface area (Å²) in [6, 6.07) is 3.34. The molecule has 0 spiro atoms. The van der Waals surface area contributed by atoms with E-state index in [0.29, 0.717) is 11.6 Å². The molecular formula is C17H26N4O3. The first-order valence-electron chi connectivity index (χ1n) is 8.45. The van der Waals surface area contributed by atoms with E-state index in [9.17, 15) is 9.59 Å². The van der Waals surface area contributed by atoms with E-state index >= 15 is 0 Å². The van der Waals surface area contributed by atoms with Gasteiger partial charge in [-0.3, -0.25) is 14.5 Å². The molecule has 2 heterocycles. The Morgan fingerprint density at radius 3 is 2.58 bits per heavy atom. The van der Waals surface area contributed by atoms with Crippen molar-refractivity contribution in [1.29, 1.82) is 0 Å². The topological polar surface area (TPSA) is 74.8 Å². The monoisotopic (exact) mass is 334 g/mol. The fourth-order valence-corrected chi connectivity index (χ4v) is 2.57. The van der Waals surface area contributed by atoms with Crippen LogP contribution in [0.1, 0.15) is 26.7 Å². The van der Waals surface area contributed by atoms with Crippen molar-refractivity contribution in [2.75, 3.05) is 44.6 Å². The van der Waals surface area contributed by atoms with Crippen LogP contribution in [0, 0.1) is 0 Å². The van der Waals surface area contributed by atoms with Gasteiger partial charge in [0.1, 0.15) is 0 Å². The van der Waals surface area contributed by atoms with Gasteiger partial charge in [0.25, 0.3) is 5.91 Å². The first-order chi connectivity index (χ1) is 11.6. The van der Waals surface area contributed by atoms with Crippen LogP contribution in [0.3, 0.4) is 0 Å². The summed E-state index contributed by atoms with van der Waals surface area (Å²) in [5.41, 5.74) is 0.601. The van der Waals surface area contributed by atoms with Crippen LogP contribution in [-0.2, 0) is 9.59 Å². The number of piperazine rings is 1. The van der Waals surface area contributed by atoms with Crippen molar-refractivity contribution in [1.82, 2.24) is 14.8 Å². The lowest BCUT2D eigenvalue weighted by Gasteiger charge is -2.34. The number of nitrogens with one attached hydrogen (secondary N) is 1. The number of anilines is 1. The number of hydrogen-bond donors (Lipinski definition) is 1. The number of carbonyl (C=O) groups excluding carboxylic acids is 2. The second-order valence-electron chi connectivity index (χ2n) is 5.93. The second-order valence-corrected chi connectivity index (χ2v) is 5.93. The molecule has 0 bridgehead atoms. The predicted molar refractivity (Wildman–Crippen MR) is 92.0 cm³/mol. The quantitative estimate of drug-likeness (QED) is 0.815. The molecule has 0 saturated carbocycles. The molecule has 1 aromatic rings. The van der Waals surface area contributed by atoms with Gasteiger partial charge < -0.3 is 15.0 Å². The van der Waals surface area contributed by atoms with E-state index < -0.39 is 0 Å². The lowest BCUT2D eigenvalue weighted by molar-refractivity contribution is -0.135. The molecule has 1 aliphatic heterocycles. The highest BCUT2D eigenvalue weighted by molar-refractivity contribution is 5.88. The van der Waals surface area contributed by atoms with Crippen molar-refractivity contribution in [3.8, 4) is 5.88 Å². The molecule has 1 fully saturated rings. The predicted octanol–water partition coefficient (Wildman–Crippen LogP) is 1.36. The summed E-state index contributed by atoms with van der Waals surface area (Å²) in [4.78, 5) is 31.5. The third kappa shape index (κ3) is 5.81. The Morgan fingerprint density at radius 2 is 2.00 bits per heavy atom. The van der Waals surface area contributed by atoms with Crippen LogP contribution in [0.2, 0.25) is 0 Å². The van der Waals surface area contributed by atoms with E-state index in [1.165, 1.54) is 26.0 Å². The highest BCUT2D eigenvalue weighted by Crippen LogP contribution is 2.12. The maximum atomic E-state index is 12.2. The average Bonchev–Trinajstić information content (AvgIpc) is 2.59. The van der Waals surface area contributed by atoms with Gasteiger partial charge in [0.15, 0.2) is 6.61 Å². The van der Waals surface area contributed by atoms with Crippen LogP contribution in [0.4, 0.5) is 5.69 Å². The highest BCUT2D eigenvalue weighted by atomic mass is 16.5. The summed E-state index contributed by atoms with van der Waals surface area (Å²) in [6.07, 6.45) is 3.91. The number of aromatic nitrogens is 1. The summed E-state index contributed by atoms with van der Waals surface area (Å²) in [5.74, 6) is 0.204. The third-order valence-electron chi connectivity index (χ3n) is 3.95. The molecule has 0 unspecified atom stereocenters. The van der Waals surface area contributed by atoms with Gasteiger partial charge >= 0.3 is 0 Å². The second kappa shape index (κ2) is 9.22. The number of hydrogen-bond acceptors (Lipinski definition) is 5. The molecule has 1 saturated heterocycles. The normalized spacial score (nSPS) is 15.2. The van der Waals surface area contributed by atoms with Crippen molar-refractivity contribution >= 4 is 17.5 Å². The van der Waals surface area contributed by atoms with Gasteiger partial charge in [-0.05, 0) is 19.0 Å². The zero-order valence-electron chi connectivity index (χ0n) is 14.5. The number of pyridine rings is 1. The molecule has 1 aliphatic rings. The molecule has 24 heavy (non-hydrogen) atoms. The molecule has 0 aromatic carbocycles. The molecule has 0 aliphatic carbocycles. The molecular weight excluding hydrogens is 308 g/mol. The maximum absolute atomic E-state index is 12.2. The van der Waals surface area contributed by atoms with Gasteiger partial charge in [-0.1, -0.05) is 13.3 Å². The lowest BCUT2D eigenvalue weighted by atomic mass is 10.2. The molecule has 1 N–H and O–H groups in total. The number of amides is 2. The van der Waals surface area contributed by atoms with Gasteiger partial charge in [-0.15, -0.1) is 0 Å². The fourth-order valence-electron chi connectivity index (χ4n) is 2.57. The van der Waals surface area contributed by atoms with E-state index in [0.717, 1.165) is 32.7 Å². The number of nitrogens with zero attached hydrogens (tertiary/aromatic N) is 3. The zero-order valence-corrected chi connectivity index (χ0v) is 14.5. The molecule has 7 heteroatoms. The summed E-state index contributed by atoms with van der Waals surface area (Å²) >= 11 is 0. The Kier molecular flexibility index (Phi) is 6.99. The summed E-state index contributed by atoms with van der Waals surface area (Å²) in [5, 5.41) is 2.63. The van der Waals surface area contributed by atoms with Gasteiger partial charge in [-0.25, -0.2) is 4.98 Å². The largest absolute Gasteiger partial charge is 0.468 e. The van der Waals surface area contributed by atoms with Crippen LogP contribution in [0.25, 0.3) is 0 Å². The number of carbonyl (C=O) groups is 2. The smallest absolute Gasteiger partial charge is 0.260 e. The number of ether oxygens (including phenoxy) is 1. The molecule has 0 atom stereocenters. The Hall–Kier alpha value is -2.15. The van der Waals surface area contributed by atoms with Crippen LogP contribution in [-0.4, -0.2) is 65.9 Å². The van der Waals surface area contributed by atoms with E-state index in [1.807, 2.05) is 4.90 Å². The summed E-state index contributed by atoms with van der Waals surface area (Å²) in [7, 11) is 0. The van der Waals surface area contributed by atoms with Crippen LogP contribution in [0.15, 0.2) is 18.3 Å². The fraction of sp³-hybridized carbons (Fsp3) is 0.588. The van der Waals surface area contributed by atoms with Gasteiger partial charge in [0, 0.05) is 39.2 Å². The van der Waals surface area contributed by atoms with Crippen LogP contribution in [0.5, 0.6) is 5.88 Å². The Bertz CT molecular complexity index is 539. The highest BCUT2D eigenvalue weighted by Gasteiger charge is 2.21. The summed E-state index contributed by atoms with van der Waals surface area (Å²) < 4.78 is 5.44. The van der Waals surface area contributed by atoms with Crippen molar-refractivity contribution in [3.05, 3.63) is 18.3 Å². The molecule has 2 rings (SSSR count). The standard InChI is InChI=1S/C17H26N4O3/c1-3-4-7-20-8-10-21(11-9-20)17(23)13-24-16-6-5-15(12-18-16)19-14(2)22/h5-6,12H,3-4,7-11,13H2,1-2H3,(H,19,22). The van der Waals surface area contributed by atoms with Gasteiger partial charge in [0.05, 0.1) is 11.9 Å². The maximum Gasteiger partial charge on any atom is 0.260 e. The van der Waals surface area contributed by atoms with Crippen LogP contribution < -0.4 is 10.1 Å². The van der Waals surface area contributed by atoms with Gasteiger partial charge in [-0.2, -0.15) is 0 Å². The molecule has 2 amide bonds. The van der Waals surface area contributed by atoms with Crippen molar-refractivity contribution in [3.63, 3.8) is 0 Å². The number of rotatable bonds is 7. The average molecular weight is 334 g/mol. The Morgan fingerprint density at radius 1 is 1.25 bits per heavy atom.